The summed E-state index contributed by atoms with van der Waals surface area (Å²) in [5.41, 5.74) is 0.311. The van der Waals surface area contributed by atoms with E-state index in [1.54, 1.807) is 25.0 Å². The van der Waals surface area contributed by atoms with Gasteiger partial charge >= 0.3 is 23.6 Å². The number of carbonyl (C=O) groups is 3. The lowest BCUT2D eigenvalue weighted by Gasteiger charge is -2.22. The average molecular weight is 423 g/mol. The van der Waals surface area contributed by atoms with E-state index in [1.807, 2.05) is 0 Å². The molecule has 30 heavy (non-hydrogen) atoms. The molecule has 162 valence electrons. The van der Waals surface area contributed by atoms with E-state index in [0.717, 1.165) is 0 Å². The zero-order valence-corrected chi connectivity index (χ0v) is 17.2. The second-order valence-corrected chi connectivity index (χ2v) is 6.98. The van der Waals surface area contributed by atoms with Crippen LogP contribution in [0, 0.1) is 0 Å². The molecule has 2 aromatic rings. The van der Waals surface area contributed by atoms with Crippen LogP contribution in [0.5, 0.6) is 0 Å². The van der Waals surface area contributed by atoms with Gasteiger partial charge in [-0.3, -0.25) is 28.3 Å². The fourth-order valence-electron chi connectivity index (χ4n) is 3.42. The number of ether oxygens (including phenoxy) is 4. The second-order valence-electron chi connectivity index (χ2n) is 6.98. The number of nitrogens with zero attached hydrogens (tertiary/aromatic N) is 4. The summed E-state index contributed by atoms with van der Waals surface area (Å²) >= 11 is 0. The van der Waals surface area contributed by atoms with Crippen LogP contribution in [0.1, 0.15) is 27.0 Å². The van der Waals surface area contributed by atoms with Crippen LogP contribution in [0.25, 0.3) is 11.2 Å². The molecular weight excluding hydrogens is 400 g/mol. The monoisotopic (exact) mass is 423 g/mol. The number of rotatable bonds is 5. The molecule has 0 aromatic carbocycles. The van der Waals surface area contributed by atoms with Crippen LogP contribution in [-0.4, -0.2) is 56.9 Å². The quantitative estimate of drug-likeness (QED) is 0.333. The van der Waals surface area contributed by atoms with Crippen molar-refractivity contribution < 1.29 is 37.9 Å². The Morgan fingerprint density at radius 2 is 1.70 bits per heavy atom. The fourth-order valence-corrected chi connectivity index (χ4v) is 3.42. The van der Waals surface area contributed by atoms with Crippen molar-refractivity contribution in [1.82, 2.24) is 14.1 Å². The Balaban J connectivity index is 2.09. The Bertz CT molecular complexity index is 1060. The summed E-state index contributed by atoms with van der Waals surface area (Å²) in [5.74, 6) is -1.79. The molecule has 3 rings (SSSR count). The number of esters is 3. The van der Waals surface area contributed by atoms with E-state index in [2.05, 4.69) is 4.98 Å². The van der Waals surface area contributed by atoms with Crippen molar-refractivity contribution in [3.05, 3.63) is 23.0 Å². The first kappa shape index (κ1) is 21.4. The molecule has 2 aromatic heterocycles. The fraction of sp³-hybridized carbons (Fsp3) is 0.556. The first-order valence-corrected chi connectivity index (χ1v) is 9.15. The molecule has 0 amide bonds. The summed E-state index contributed by atoms with van der Waals surface area (Å²) < 4.78 is 26.2. The molecule has 1 saturated heterocycles. The zero-order valence-electron chi connectivity index (χ0n) is 17.2. The van der Waals surface area contributed by atoms with Crippen molar-refractivity contribution in [3.8, 4) is 0 Å². The first-order chi connectivity index (χ1) is 14.1. The SMILES string of the molecule is CC(=O)OC[C@H]1O[C@@H]([n+]2cn(C)c3c(=O)n(C)cnc32)[C@H](OC(C)=O)[C@@H]1OC(C)=O. The molecule has 3 heterocycles. The lowest BCUT2D eigenvalue weighted by Crippen LogP contribution is -2.48. The van der Waals surface area contributed by atoms with Gasteiger partial charge in [0.2, 0.25) is 11.7 Å². The highest BCUT2D eigenvalue weighted by molar-refractivity contribution is 5.68. The van der Waals surface area contributed by atoms with Gasteiger partial charge in [-0.05, 0) is 0 Å². The lowest BCUT2D eigenvalue weighted by atomic mass is 10.1. The van der Waals surface area contributed by atoms with Crippen LogP contribution < -0.4 is 10.1 Å². The Morgan fingerprint density at radius 1 is 1.07 bits per heavy atom. The van der Waals surface area contributed by atoms with Crippen molar-refractivity contribution in [2.45, 2.75) is 45.3 Å². The molecule has 0 saturated carbocycles. The molecule has 12 heteroatoms. The van der Waals surface area contributed by atoms with E-state index in [0.29, 0.717) is 5.52 Å². The Labute approximate surface area is 170 Å². The van der Waals surface area contributed by atoms with Gasteiger partial charge in [0.1, 0.15) is 12.7 Å². The van der Waals surface area contributed by atoms with Gasteiger partial charge in [-0.15, -0.1) is 0 Å². The maximum Gasteiger partial charge on any atom is 0.311 e. The Morgan fingerprint density at radius 3 is 2.30 bits per heavy atom. The molecule has 1 aliphatic heterocycles. The van der Waals surface area contributed by atoms with Crippen molar-refractivity contribution in [2.75, 3.05) is 6.61 Å². The summed E-state index contributed by atoms with van der Waals surface area (Å²) in [6, 6.07) is 0. The van der Waals surface area contributed by atoms with E-state index in [9.17, 15) is 19.2 Å². The summed E-state index contributed by atoms with van der Waals surface area (Å²) in [6.45, 7) is 3.43. The van der Waals surface area contributed by atoms with E-state index in [-0.39, 0.29) is 17.8 Å². The number of imidazole rings is 1. The number of hydrogen-bond donors (Lipinski definition) is 0. The molecule has 1 fully saturated rings. The largest absolute Gasteiger partial charge is 0.463 e. The molecule has 0 bridgehead atoms. The summed E-state index contributed by atoms with van der Waals surface area (Å²) in [4.78, 5) is 51.5. The van der Waals surface area contributed by atoms with Crippen LogP contribution in [0.3, 0.4) is 0 Å². The highest BCUT2D eigenvalue weighted by Gasteiger charge is 2.53. The van der Waals surface area contributed by atoms with Gasteiger partial charge in [0.15, 0.2) is 24.9 Å². The summed E-state index contributed by atoms with van der Waals surface area (Å²) in [5, 5.41) is 0. The van der Waals surface area contributed by atoms with Gasteiger partial charge in [-0.25, -0.2) is 4.57 Å². The van der Waals surface area contributed by atoms with Crippen molar-refractivity contribution in [1.29, 1.82) is 0 Å². The predicted molar refractivity (Wildman–Crippen MR) is 97.8 cm³/mol. The van der Waals surface area contributed by atoms with Crippen molar-refractivity contribution in [3.63, 3.8) is 0 Å². The first-order valence-electron chi connectivity index (χ1n) is 9.15. The van der Waals surface area contributed by atoms with Gasteiger partial charge in [0.25, 0.3) is 5.56 Å². The smallest absolute Gasteiger partial charge is 0.311 e. The Kier molecular flexibility index (Phi) is 5.87. The van der Waals surface area contributed by atoms with Gasteiger partial charge in [-0.1, -0.05) is 4.98 Å². The molecular formula is C18H23N4O8+. The Hall–Kier alpha value is -3.28. The number of hydrogen-bond acceptors (Lipinski definition) is 9. The normalized spacial score (nSPS) is 23.4. The predicted octanol–water partition coefficient (Wildman–Crippen LogP) is -1.12. The van der Waals surface area contributed by atoms with Gasteiger partial charge in [-0.2, -0.15) is 0 Å². The number of aromatic nitrogens is 4. The van der Waals surface area contributed by atoms with Crippen LogP contribution >= 0.6 is 0 Å². The standard InChI is InChI=1S/C18H23N4O8/c1-9(23)27-6-12-14(28-10(2)24)15(29-11(3)25)18(30-12)22-8-21(5)13-16(22)19-7-20(4)17(13)26/h7-8,12,14-15,18H,6H2,1-5H3/q+1/t12-,14-,15-,18-/m1/s1. The summed E-state index contributed by atoms with van der Waals surface area (Å²) in [7, 11) is 3.24. The molecule has 0 aliphatic carbocycles. The minimum atomic E-state index is -1.06. The summed E-state index contributed by atoms with van der Waals surface area (Å²) in [6.07, 6.45) is -1.06. The molecule has 0 unspecified atom stereocenters. The van der Waals surface area contributed by atoms with Gasteiger partial charge in [0, 0.05) is 27.8 Å². The van der Waals surface area contributed by atoms with E-state index in [1.165, 1.54) is 36.2 Å². The minimum Gasteiger partial charge on any atom is -0.463 e. The number of fused-ring (bicyclic) bond motifs is 1. The van der Waals surface area contributed by atoms with Crippen LogP contribution in [0.2, 0.25) is 0 Å². The van der Waals surface area contributed by atoms with Gasteiger partial charge in [0.05, 0.1) is 7.05 Å². The topological polar surface area (TPSA) is 132 Å². The van der Waals surface area contributed by atoms with Crippen molar-refractivity contribution in [2.24, 2.45) is 14.1 Å². The van der Waals surface area contributed by atoms with Crippen LogP contribution in [0.4, 0.5) is 0 Å². The van der Waals surface area contributed by atoms with E-state index in [4.69, 9.17) is 18.9 Å². The molecule has 1 aliphatic rings. The molecule has 4 atom stereocenters. The lowest BCUT2D eigenvalue weighted by molar-refractivity contribution is -0.745. The van der Waals surface area contributed by atoms with Crippen LogP contribution in [-0.2, 0) is 47.4 Å². The molecule has 0 radical (unpaired) electrons. The highest BCUT2D eigenvalue weighted by atomic mass is 16.7. The van der Waals surface area contributed by atoms with E-state index < -0.39 is 42.4 Å². The second kappa shape index (κ2) is 8.22. The average Bonchev–Trinajstić information content (AvgIpc) is 3.14. The minimum absolute atomic E-state index is 0.220. The van der Waals surface area contributed by atoms with Crippen molar-refractivity contribution >= 4 is 29.1 Å². The third-order valence-electron chi connectivity index (χ3n) is 4.60. The number of aryl methyl sites for hydroxylation is 2. The number of carbonyl (C=O) groups excluding carboxylic acids is 3. The third kappa shape index (κ3) is 4.03. The molecule has 0 N–H and O–H groups in total. The van der Waals surface area contributed by atoms with Crippen LogP contribution in [0.15, 0.2) is 17.4 Å². The third-order valence-corrected chi connectivity index (χ3v) is 4.60. The zero-order chi connectivity index (χ0) is 22.2. The maximum absolute atomic E-state index is 12.5. The maximum atomic E-state index is 12.5. The highest BCUT2D eigenvalue weighted by Crippen LogP contribution is 2.32. The molecule has 0 spiro atoms. The van der Waals surface area contributed by atoms with E-state index >= 15 is 0 Å². The van der Waals surface area contributed by atoms with Gasteiger partial charge < -0.3 is 18.9 Å². The molecule has 12 nitrogen and oxygen atoms in total.